The Labute approximate surface area is 126 Å². The average molecular weight is 293 g/mol. The number of halogens is 1. The molecule has 0 aliphatic carbocycles. The number of unbranched alkanes of at least 4 members (excludes halogenated alkanes) is 1. The molecule has 1 aliphatic heterocycles. The number of carbonyl (C=O) groups excluding carboxylic acids is 1. The number of amides is 2. The molecular weight excluding hydrogens is 269 g/mol. The lowest BCUT2D eigenvalue weighted by atomic mass is 10.2. The molecule has 0 radical (unpaired) electrons. The summed E-state index contributed by atoms with van der Waals surface area (Å²) < 4.78 is 13.8. The largest absolute Gasteiger partial charge is 0.366 e. The van der Waals surface area contributed by atoms with Crippen molar-refractivity contribution in [2.45, 2.75) is 19.8 Å². The third-order valence-corrected chi connectivity index (χ3v) is 3.92. The van der Waals surface area contributed by atoms with Gasteiger partial charge in [0, 0.05) is 39.8 Å². The number of carbonyl (C=O) groups is 1. The molecule has 0 bridgehead atoms. The first kappa shape index (κ1) is 15.6. The van der Waals surface area contributed by atoms with Crippen LogP contribution in [0.4, 0.5) is 14.9 Å². The van der Waals surface area contributed by atoms with Gasteiger partial charge in [0.15, 0.2) is 0 Å². The molecule has 1 saturated heterocycles. The highest BCUT2D eigenvalue weighted by molar-refractivity contribution is 5.74. The zero-order valence-corrected chi connectivity index (χ0v) is 12.9. The first-order chi connectivity index (χ1) is 10.1. The van der Waals surface area contributed by atoms with Gasteiger partial charge in [-0.1, -0.05) is 25.5 Å². The normalized spacial score (nSPS) is 15.2. The third kappa shape index (κ3) is 3.86. The monoisotopic (exact) mass is 293 g/mol. The molecule has 0 atom stereocenters. The minimum absolute atomic E-state index is 0.0802. The van der Waals surface area contributed by atoms with Gasteiger partial charge in [0.2, 0.25) is 0 Å². The fourth-order valence-corrected chi connectivity index (χ4v) is 2.58. The van der Waals surface area contributed by atoms with Crippen LogP contribution in [-0.4, -0.2) is 55.6 Å². The predicted octanol–water partition coefficient (Wildman–Crippen LogP) is 2.80. The molecule has 1 aromatic rings. The van der Waals surface area contributed by atoms with E-state index in [2.05, 4.69) is 6.92 Å². The van der Waals surface area contributed by atoms with Crippen molar-refractivity contribution in [3.63, 3.8) is 0 Å². The van der Waals surface area contributed by atoms with Gasteiger partial charge in [0.25, 0.3) is 0 Å². The molecular formula is C16H24FN3O. The van der Waals surface area contributed by atoms with Crippen LogP contribution < -0.4 is 4.90 Å². The van der Waals surface area contributed by atoms with Crippen LogP contribution in [0, 0.1) is 5.82 Å². The molecule has 1 heterocycles. The Morgan fingerprint density at radius 1 is 1.24 bits per heavy atom. The van der Waals surface area contributed by atoms with Gasteiger partial charge in [0.05, 0.1) is 5.69 Å². The molecule has 2 amide bonds. The summed E-state index contributed by atoms with van der Waals surface area (Å²) in [6.07, 6.45) is 2.11. The van der Waals surface area contributed by atoms with E-state index in [1.165, 1.54) is 6.07 Å². The van der Waals surface area contributed by atoms with Gasteiger partial charge in [-0.2, -0.15) is 0 Å². The van der Waals surface area contributed by atoms with E-state index < -0.39 is 0 Å². The minimum atomic E-state index is -0.197. The highest BCUT2D eigenvalue weighted by Crippen LogP contribution is 2.20. The van der Waals surface area contributed by atoms with Crippen molar-refractivity contribution in [1.82, 2.24) is 9.80 Å². The van der Waals surface area contributed by atoms with Crippen LogP contribution in [0.15, 0.2) is 24.3 Å². The Balaban J connectivity index is 1.88. The number of urea groups is 1. The van der Waals surface area contributed by atoms with Gasteiger partial charge in [0.1, 0.15) is 5.82 Å². The maximum atomic E-state index is 13.8. The summed E-state index contributed by atoms with van der Waals surface area (Å²) in [6, 6.07) is 6.89. The highest BCUT2D eigenvalue weighted by atomic mass is 19.1. The summed E-state index contributed by atoms with van der Waals surface area (Å²) in [7, 11) is 1.85. The Bertz CT molecular complexity index is 472. The Morgan fingerprint density at radius 2 is 1.90 bits per heavy atom. The topological polar surface area (TPSA) is 26.8 Å². The second-order valence-electron chi connectivity index (χ2n) is 5.48. The zero-order valence-electron chi connectivity index (χ0n) is 12.9. The van der Waals surface area contributed by atoms with Crippen molar-refractivity contribution >= 4 is 11.7 Å². The molecule has 0 spiro atoms. The van der Waals surface area contributed by atoms with Gasteiger partial charge in [-0.3, -0.25) is 0 Å². The van der Waals surface area contributed by atoms with Crippen LogP contribution in [0.2, 0.25) is 0 Å². The van der Waals surface area contributed by atoms with E-state index in [0.717, 1.165) is 19.4 Å². The van der Waals surface area contributed by atoms with Gasteiger partial charge in [-0.15, -0.1) is 0 Å². The molecule has 1 aliphatic rings. The number of anilines is 1. The van der Waals surface area contributed by atoms with Crippen molar-refractivity contribution in [2.75, 3.05) is 44.7 Å². The Kier molecular flexibility index (Phi) is 5.42. The van der Waals surface area contributed by atoms with E-state index in [4.69, 9.17) is 0 Å². The van der Waals surface area contributed by atoms with Crippen LogP contribution in [0.1, 0.15) is 19.8 Å². The highest BCUT2D eigenvalue weighted by Gasteiger charge is 2.24. The molecule has 0 aromatic heterocycles. The summed E-state index contributed by atoms with van der Waals surface area (Å²) in [5.41, 5.74) is 0.629. The predicted molar refractivity (Wildman–Crippen MR) is 83.1 cm³/mol. The second-order valence-corrected chi connectivity index (χ2v) is 5.48. The van der Waals surface area contributed by atoms with Crippen molar-refractivity contribution in [2.24, 2.45) is 0 Å². The molecule has 0 N–H and O–H groups in total. The summed E-state index contributed by atoms with van der Waals surface area (Å²) in [5, 5.41) is 0. The minimum Gasteiger partial charge on any atom is -0.366 e. The second kappa shape index (κ2) is 7.29. The third-order valence-electron chi connectivity index (χ3n) is 3.92. The van der Waals surface area contributed by atoms with Crippen LogP contribution in [-0.2, 0) is 0 Å². The molecule has 2 rings (SSSR count). The van der Waals surface area contributed by atoms with E-state index >= 15 is 0 Å². The van der Waals surface area contributed by atoms with Crippen LogP contribution >= 0.6 is 0 Å². The summed E-state index contributed by atoms with van der Waals surface area (Å²) in [6.45, 7) is 5.55. The number of hydrogen-bond donors (Lipinski definition) is 0. The van der Waals surface area contributed by atoms with Crippen molar-refractivity contribution in [3.8, 4) is 0 Å². The fourth-order valence-electron chi connectivity index (χ4n) is 2.58. The van der Waals surface area contributed by atoms with E-state index in [-0.39, 0.29) is 11.8 Å². The first-order valence-corrected chi connectivity index (χ1v) is 7.63. The molecule has 1 fully saturated rings. The molecule has 0 saturated carbocycles. The molecule has 0 unspecified atom stereocenters. The van der Waals surface area contributed by atoms with E-state index in [0.29, 0.717) is 31.9 Å². The number of hydrogen-bond acceptors (Lipinski definition) is 2. The Hall–Kier alpha value is -1.78. The maximum absolute atomic E-state index is 13.8. The van der Waals surface area contributed by atoms with E-state index in [1.807, 2.05) is 22.9 Å². The van der Waals surface area contributed by atoms with Crippen LogP contribution in [0.25, 0.3) is 0 Å². The maximum Gasteiger partial charge on any atom is 0.319 e. The molecule has 4 nitrogen and oxygen atoms in total. The number of benzene rings is 1. The fraction of sp³-hybridized carbons (Fsp3) is 0.562. The smallest absolute Gasteiger partial charge is 0.319 e. The van der Waals surface area contributed by atoms with Crippen molar-refractivity contribution in [3.05, 3.63) is 30.1 Å². The molecule has 21 heavy (non-hydrogen) atoms. The van der Waals surface area contributed by atoms with Crippen molar-refractivity contribution < 1.29 is 9.18 Å². The summed E-state index contributed by atoms with van der Waals surface area (Å²) >= 11 is 0. The van der Waals surface area contributed by atoms with Crippen LogP contribution in [0.5, 0.6) is 0 Å². The standard InChI is InChI=1S/C16H24FN3O/c1-3-4-9-18(2)16(21)20-12-10-19(11-13-20)15-8-6-5-7-14(15)17/h5-8H,3-4,9-13H2,1-2H3. The lowest BCUT2D eigenvalue weighted by Crippen LogP contribution is -2.52. The number of para-hydroxylation sites is 1. The number of nitrogens with zero attached hydrogens (tertiary/aromatic N) is 3. The Morgan fingerprint density at radius 3 is 2.52 bits per heavy atom. The first-order valence-electron chi connectivity index (χ1n) is 7.63. The SMILES string of the molecule is CCCCN(C)C(=O)N1CCN(c2ccccc2F)CC1. The lowest BCUT2D eigenvalue weighted by molar-refractivity contribution is 0.159. The van der Waals surface area contributed by atoms with Gasteiger partial charge < -0.3 is 14.7 Å². The quantitative estimate of drug-likeness (QED) is 0.853. The van der Waals surface area contributed by atoms with Crippen LogP contribution in [0.3, 0.4) is 0 Å². The molecule has 5 heteroatoms. The van der Waals surface area contributed by atoms with Gasteiger partial charge in [-0.25, -0.2) is 9.18 Å². The lowest BCUT2D eigenvalue weighted by Gasteiger charge is -2.37. The molecule has 116 valence electrons. The van der Waals surface area contributed by atoms with Crippen molar-refractivity contribution in [1.29, 1.82) is 0 Å². The van der Waals surface area contributed by atoms with Gasteiger partial charge in [-0.05, 0) is 18.6 Å². The average Bonchev–Trinajstić information content (AvgIpc) is 2.52. The number of piperazine rings is 1. The number of rotatable bonds is 4. The van der Waals surface area contributed by atoms with Gasteiger partial charge >= 0.3 is 6.03 Å². The summed E-state index contributed by atoms with van der Waals surface area (Å²) in [5.74, 6) is -0.197. The van der Waals surface area contributed by atoms with E-state index in [1.54, 1.807) is 17.0 Å². The van der Waals surface area contributed by atoms with E-state index in [9.17, 15) is 9.18 Å². The molecule has 1 aromatic carbocycles. The summed E-state index contributed by atoms with van der Waals surface area (Å²) in [4.78, 5) is 17.9. The zero-order chi connectivity index (χ0) is 15.2.